The second kappa shape index (κ2) is 8.25. The van der Waals surface area contributed by atoms with Gasteiger partial charge in [-0.2, -0.15) is 18.3 Å². The Morgan fingerprint density at radius 1 is 1.23 bits per heavy atom. The molecule has 5 nitrogen and oxygen atoms in total. The number of rotatable bonds is 7. The lowest BCUT2D eigenvalue weighted by Crippen LogP contribution is -2.23. The fourth-order valence-corrected chi connectivity index (χ4v) is 2.58. The van der Waals surface area contributed by atoms with Gasteiger partial charge >= 0.3 is 6.18 Å². The van der Waals surface area contributed by atoms with Crippen molar-refractivity contribution in [1.29, 1.82) is 0 Å². The standard InChI is InChI=1S/C18H22F3N3O2/c1-12-16(13(2)24(3)23-12)8-9-17(25)22-10-14-4-6-15(7-5-14)26-11-18(19,20)21/h4-7H,8-11H2,1-3H3,(H,22,25). The van der Waals surface area contributed by atoms with E-state index in [1.807, 2.05) is 20.9 Å². The van der Waals surface area contributed by atoms with E-state index in [2.05, 4.69) is 15.2 Å². The molecule has 2 rings (SSSR count). The fraction of sp³-hybridized carbons (Fsp3) is 0.444. The lowest BCUT2D eigenvalue weighted by atomic mass is 10.1. The van der Waals surface area contributed by atoms with E-state index < -0.39 is 12.8 Å². The fourth-order valence-electron chi connectivity index (χ4n) is 2.58. The summed E-state index contributed by atoms with van der Waals surface area (Å²) in [6.07, 6.45) is -3.40. The van der Waals surface area contributed by atoms with Crippen molar-refractivity contribution in [2.75, 3.05) is 6.61 Å². The highest BCUT2D eigenvalue weighted by Gasteiger charge is 2.28. The van der Waals surface area contributed by atoms with E-state index in [0.29, 0.717) is 19.4 Å². The molecule has 0 saturated heterocycles. The maximum Gasteiger partial charge on any atom is 0.422 e. The van der Waals surface area contributed by atoms with Gasteiger partial charge in [0.2, 0.25) is 5.91 Å². The number of aryl methyl sites for hydroxylation is 2. The van der Waals surface area contributed by atoms with Crippen molar-refractivity contribution in [3.8, 4) is 5.75 Å². The molecule has 1 N–H and O–H groups in total. The summed E-state index contributed by atoms with van der Waals surface area (Å²) in [6.45, 7) is 2.87. The van der Waals surface area contributed by atoms with Gasteiger partial charge in [-0.25, -0.2) is 0 Å². The molecule has 1 aromatic carbocycles. The highest BCUT2D eigenvalue weighted by molar-refractivity contribution is 5.76. The van der Waals surface area contributed by atoms with E-state index in [9.17, 15) is 18.0 Å². The summed E-state index contributed by atoms with van der Waals surface area (Å²) >= 11 is 0. The van der Waals surface area contributed by atoms with Gasteiger partial charge in [0, 0.05) is 25.7 Å². The van der Waals surface area contributed by atoms with Crippen molar-refractivity contribution in [3.05, 3.63) is 46.8 Å². The van der Waals surface area contributed by atoms with Gasteiger partial charge < -0.3 is 10.1 Å². The van der Waals surface area contributed by atoms with Crippen LogP contribution in [0.2, 0.25) is 0 Å². The molecule has 0 aliphatic carbocycles. The largest absolute Gasteiger partial charge is 0.484 e. The van der Waals surface area contributed by atoms with Crippen molar-refractivity contribution in [2.24, 2.45) is 7.05 Å². The Kier molecular flexibility index (Phi) is 6.28. The van der Waals surface area contributed by atoms with Crippen LogP contribution in [0.15, 0.2) is 24.3 Å². The van der Waals surface area contributed by atoms with Gasteiger partial charge in [0.25, 0.3) is 0 Å². The number of ether oxygens (including phenoxy) is 1. The molecule has 0 unspecified atom stereocenters. The van der Waals surface area contributed by atoms with Crippen LogP contribution in [0.4, 0.5) is 13.2 Å². The smallest absolute Gasteiger partial charge is 0.422 e. The number of nitrogens with zero attached hydrogens (tertiary/aromatic N) is 2. The molecule has 0 fully saturated rings. The monoisotopic (exact) mass is 369 g/mol. The van der Waals surface area contributed by atoms with Crippen molar-refractivity contribution < 1.29 is 22.7 Å². The average Bonchev–Trinajstić information content (AvgIpc) is 2.82. The quantitative estimate of drug-likeness (QED) is 0.815. The van der Waals surface area contributed by atoms with Gasteiger partial charge in [0.05, 0.1) is 5.69 Å². The highest BCUT2D eigenvalue weighted by atomic mass is 19.4. The summed E-state index contributed by atoms with van der Waals surface area (Å²) in [6, 6.07) is 6.16. The van der Waals surface area contributed by atoms with Crippen LogP contribution in [0.1, 0.15) is 28.9 Å². The van der Waals surface area contributed by atoms with Crippen LogP contribution in [0.25, 0.3) is 0 Å². The van der Waals surface area contributed by atoms with Gasteiger partial charge in [-0.15, -0.1) is 0 Å². The summed E-state index contributed by atoms with van der Waals surface area (Å²) in [5.41, 5.74) is 3.83. The molecule has 0 spiro atoms. The molecule has 1 amide bonds. The number of alkyl halides is 3. The second-order valence-corrected chi connectivity index (χ2v) is 6.10. The number of carbonyl (C=O) groups is 1. The van der Waals surface area contributed by atoms with Crippen molar-refractivity contribution in [3.63, 3.8) is 0 Å². The van der Waals surface area contributed by atoms with Gasteiger partial charge in [-0.1, -0.05) is 12.1 Å². The molecule has 142 valence electrons. The molecule has 1 heterocycles. The van der Waals surface area contributed by atoms with Crippen molar-refractivity contribution >= 4 is 5.91 Å². The predicted octanol–water partition coefficient (Wildman–Crippen LogP) is 3.23. The van der Waals surface area contributed by atoms with E-state index >= 15 is 0 Å². The summed E-state index contributed by atoms with van der Waals surface area (Å²) in [4.78, 5) is 12.0. The highest BCUT2D eigenvalue weighted by Crippen LogP contribution is 2.19. The van der Waals surface area contributed by atoms with Crippen LogP contribution >= 0.6 is 0 Å². The topological polar surface area (TPSA) is 56.2 Å². The third kappa shape index (κ3) is 5.79. The normalized spacial score (nSPS) is 11.5. The molecule has 26 heavy (non-hydrogen) atoms. The first-order valence-electron chi connectivity index (χ1n) is 8.20. The van der Waals surface area contributed by atoms with Crippen LogP contribution in [-0.4, -0.2) is 28.5 Å². The predicted molar refractivity (Wildman–Crippen MR) is 90.8 cm³/mol. The number of halogens is 3. The van der Waals surface area contributed by atoms with E-state index in [0.717, 1.165) is 22.5 Å². The Balaban J connectivity index is 1.78. The molecule has 0 aliphatic heterocycles. The summed E-state index contributed by atoms with van der Waals surface area (Å²) in [5, 5.41) is 7.13. The lowest BCUT2D eigenvalue weighted by Gasteiger charge is -2.10. The van der Waals surface area contributed by atoms with E-state index in [4.69, 9.17) is 0 Å². The minimum Gasteiger partial charge on any atom is -0.484 e. The van der Waals surface area contributed by atoms with E-state index in [1.165, 1.54) is 12.1 Å². The minimum atomic E-state index is -4.36. The molecule has 0 aliphatic rings. The molecule has 0 bridgehead atoms. The van der Waals surface area contributed by atoms with Gasteiger partial charge in [0.1, 0.15) is 5.75 Å². The number of nitrogens with one attached hydrogen (secondary N) is 1. The number of aromatic nitrogens is 2. The number of benzene rings is 1. The summed E-state index contributed by atoms with van der Waals surface area (Å²) in [7, 11) is 1.87. The first kappa shape index (κ1) is 19.8. The molecule has 2 aromatic rings. The molecule has 8 heteroatoms. The maximum atomic E-state index is 12.1. The maximum absolute atomic E-state index is 12.1. The van der Waals surface area contributed by atoms with Crippen molar-refractivity contribution in [1.82, 2.24) is 15.1 Å². The molecule has 0 radical (unpaired) electrons. The zero-order valence-electron chi connectivity index (χ0n) is 15.0. The number of amides is 1. The summed E-state index contributed by atoms with van der Waals surface area (Å²) < 4.78 is 42.7. The Morgan fingerprint density at radius 2 is 1.88 bits per heavy atom. The van der Waals surface area contributed by atoms with Gasteiger partial charge in [-0.3, -0.25) is 9.48 Å². The number of hydrogen-bond donors (Lipinski definition) is 1. The zero-order chi connectivity index (χ0) is 19.3. The van der Waals surface area contributed by atoms with Crippen LogP contribution in [0, 0.1) is 13.8 Å². The van der Waals surface area contributed by atoms with Crippen LogP contribution < -0.4 is 10.1 Å². The third-order valence-corrected chi connectivity index (χ3v) is 4.08. The molecular weight excluding hydrogens is 347 g/mol. The van der Waals surface area contributed by atoms with Crippen LogP contribution in [0.5, 0.6) is 5.75 Å². The Labute approximate surface area is 150 Å². The average molecular weight is 369 g/mol. The lowest BCUT2D eigenvalue weighted by molar-refractivity contribution is -0.153. The van der Waals surface area contributed by atoms with Crippen LogP contribution in [0.3, 0.4) is 0 Å². The first-order valence-corrected chi connectivity index (χ1v) is 8.20. The SMILES string of the molecule is Cc1nn(C)c(C)c1CCC(=O)NCc1ccc(OCC(F)(F)F)cc1. The van der Waals surface area contributed by atoms with E-state index in [1.54, 1.807) is 16.8 Å². The van der Waals surface area contributed by atoms with Crippen LogP contribution in [-0.2, 0) is 24.8 Å². The summed E-state index contributed by atoms with van der Waals surface area (Å²) in [5.74, 6) is 0.0463. The van der Waals surface area contributed by atoms with Gasteiger partial charge in [0.15, 0.2) is 6.61 Å². The molecule has 0 saturated carbocycles. The Hall–Kier alpha value is -2.51. The Morgan fingerprint density at radius 3 is 2.42 bits per heavy atom. The molecule has 1 aromatic heterocycles. The number of hydrogen-bond acceptors (Lipinski definition) is 3. The molecular formula is C18H22F3N3O2. The third-order valence-electron chi connectivity index (χ3n) is 4.08. The minimum absolute atomic E-state index is 0.0925. The molecule has 0 atom stereocenters. The first-order chi connectivity index (χ1) is 12.2. The zero-order valence-corrected chi connectivity index (χ0v) is 15.0. The second-order valence-electron chi connectivity index (χ2n) is 6.10. The van der Waals surface area contributed by atoms with Gasteiger partial charge in [-0.05, 0) is 43.5 Å². The van der Waals surface area contributed by atoms with E-state index in [-0.39, 0.29) is 11.7 Å². The van der Waals surface area contributed by atoms with Crippen molar-refractivity contribution in [2.45, 2.75) is 39.4 Å². The number of carbonyl (C=O) groups excluding carboxylic acids is 1. The Bertz CT molecular complexity index is 752.